The highest BCUT2D eigenvalue weighted by atomic mass is 35.5. The fourth-order valence-electron chi connectivity index (χ4n) is 3.61. The molecular weight excluding hydrogens is 497 g/mol. The van der Waals surface area contributed by atoms with Crippen LogP contribution in [0.4, 0.5) is 11.5 Å². The average Bonchev–Trinajstić information content (AvgIpc) is 3.26. The molecule has 0 fully saturated rings. The number of rotatable bonds is 5. The summed E-state index contributed by atoms with van der Waals surface area (Å²) >= 11 is 12.5. The molecule has 8 nitrogen and oxygen atoms in total. The molecule has 1 N–H and O–H groups in total. The number of hydrogen-bond donors (Lipinski definition) is 1. The van der Waals surface area contributed by atoms with Crippen molar-refractivity contribution in [2.45, 2.75) is 16.8 Å². The van der Waals surface area contributed by atoms with Gasteiger partial charge in [-0.2, -0.15) is 4.52 Å². The number of benzene rings is 3. The van der Waals surface area contributed by atoms with Crippen LogP contribution in [0.1, 0.15) is 5.56 Å². The van der Waals surface area contributed by atoms with Crippen molar-refractivity contribution in [3.8, 4) is 5.75 Å². The Morgan fingerprint density at radius 2 is 1.79 bits per heavy atom. The van der Waals surface area contributed by atoms with E-state index in [4.69, 9.17) is 27.9 Å². The largest absolute Gasteiger partial charge is 0.495 e. The summed E-state index contributed by atoms with van der Waals surface area (Å²) in [7, 11) is -2.44. The molecular formula is C23H17Cl2N5O3S. The molecule has 0 saturated carbocycles. The summed E-state index contributed by atoms with van der Waals surface area (Å²) in [6.45, 7) is 1.87. The predicted molar refractivity (Wildman–Crippen MR) is 131 cm³/mol. The van der Waals surface area contributed by atoms with E-state index in [-0.39, 0.29) is 15.6 Å². The van der Waals surface area contributed by atoms with Gasteiger partial charge in [0.15, 0.2) is 5.65 Å². The Morgan fingerprint density at radius 3 is 2.53 bits per heavy atom. The van der Waals surface area contributed by atoms with Gasteiger partial charge in [-0.05, 0) is 48.9 Å². The Balaban J connectivity index is 1.77. The van der Waals surface area contributed by atoms with E-state index >= 15 is 0 Å². The number of fused-ring (bicyclic) bond motifs is 3. The second kappa shape index (κ2) is 8.43. The molecule has 0 saturated heterocycles. The monoisotopic (exact) mass is 513 g/mol. The lowest BCUT2D eigenvalue weighted by molar-refractivity contribution is 0.416. The van der Waals surface area contributed by atoms with Crippen molar-refractivity contribution in [2.24, 2.45) is 0 Å². The third kappa shape index (κ3) is 3.71. The first-order chi connectivity index (χ1) is 16.3. The van der Waals surface area contributed by atoms with Gasteiger partial charge < -0.3 is 10.1 Å². The molecule has 0 unspecified atom stereocenters. The van der Waals surface area contributed by atoms with Gasteiger partial charge in [0, 0.05) is 21.5 Å². The highest BCUT2D eigenvalue weighted by Crippen LogP contribution is 2.36. The van der Waals surface area contributed by atoms with Crippen molar-refractivity contribution in [3.05, 3.63) is 76.3 Å². The lowest BCUT2D eigenvalue weighted by atomic mass is 10.2. The third-order valence-corrected chi connectivity index (χ3v) is 7.63. The maximum absolute atomic E-state index is 13.3. The Labute approximate surface area is 205 Å². The highest BCUT2D eigenvalue weighted by molar-refractivity contribution is 7.91. The van der Waals surface area contributed by atoms with Gasteiger partial charge in [0.1, 0.15) is 11.6 Å². The number of hydrogen-bond acceptors (Lipinski definition) is 7. The summed E-state index contributed by atoms with van der Waals surface area (Å²) in [6, 6.07) is 16.7. The van der Waals surface area contributed by atoms with Gasteiger partial charge in [-0.3, -0.25) is 0 Å². The van der Waals surface area contributed by atoms with Gasteiger partial charge in [-0.25, -0.2) is 13.4 Å². The molecule has 2 aromatic heterocycles. The number of aryl methyl sites for hydroxylation is 1. The topological polar surface area (TPSA) is 98.5 Å². The van der Waals surface area contributed by atoms with Crippen molar-refractivity contribution in [2.75, 3.05) is 12.4 Å². The SMILES string of the molecule is COc1cc(Cl)c(C)cc1Nc1nc2c(S(=O)(=O)c3ccccc3)nnn2c2ccc(Cl)cc12. The van der Waals surface area contributed by atoms with E-state index < -0.39 is 9.84 Å². The summed E-state index contributed by atoms with van der Waals surface area (Å²) in [4.78, 5) is 4.72. The van der Waals surface area contributed by atoms with Crippen LogP contribution >= 0.6 is 23.2 Å². The molecule has 5 rings (SSSR count). The Hall–Kier alpha value is -3.40. The lowest BCUT2D eigenvalue weighted by Gasteiger charge is -2.15. The number of nitrogens with zero attached hydrogens (tertiary/aromatic N) is 4. The number of halogens is 2. The summed E-state index contributed by atoms with van der Waals surface area (Å²) < 4.78 is 33.5. The number of ether oxygens (including phenoxy) is 1. The molecule has 2 heterocycles. The van der Waals surface area contributed by atoms with Crippen LogP contribution in [0.5, 0.6) is 5.75 Å². The van der Waals surface area contributed by atoms with Crippen molar-refractivity contribution < 1.29 is 13.2 Å². The summed E-state index contributed by atoms with van der Waals surface area (Å²) in [6.07, 6.45) is 0. The second-order valence-electron chi connectivity index (χ2n) is 7.50. The molecule has 0 aliphatic carbocycles. The smallest absolute Gasteiger partial charge is 0.229 e. The van der Waals surface area contributed by atoms with E-state index in [1.807, 2.05) is 13.0 Å². The second-order valence-corrected chi connectivity index (χ2v) is 10.2. The maximum Gasteiger partial charge on any atom is 0.229 e. The molecule has 0 aliphatic heterocycles. The quantitative estimate of drug-likeness (QED) is 0.332. The third-order valence-electron chi connectivity index (χ3n) is 5.32. The summed E-state index contributed by atoms with van der Waals surface area (Å²) in [5, 5.41) is 12.7. The van der Waals surface area contributed by atoms with Crippen LogP contribution < -0.4 is 10.1 Å². The Morgan fingerprint density at radius 1 is 1.03 bits per heavy atom. The molecule has 0 amide bonds. The Kier molecular flexibility index (Phi) is 5.55. The summed E-state index contributed by atoms with van der Waals surface area (Å²) in [5.74, 6) is 0.855. The first-order valence-corrected chi connectivity index (χ1v) is 12.3. The summed E-state index contributed by atoms with van der Waals surface area (Å²) in [5.41, 5.74) is 2.07. The first kappa shape index (κ1) is 22.4. The van der Waals surface area contributed by atoms with E-state index in [1.54, 1.807) is 42.5 Å². The first-order valence-electron chi connectivity index (χ1n) is 10.1. The zero-order valence-electron chi connectivity index (χ0n) is 18.0. The van der Waals surface area contributed by atoms with Gasteiger partial charge in [-0.15, -0.1) is 5.10 Å². The molecule has 5 aromatic rings. The lowest BCUT2D eigenvalue weighted by Crippen LogP contribution is -2.06. The van der Waals surface area contributed by atoms with E-state index in [2.05, 4.69) is 20.6 Å². The van der Waals surface area contributed by atoms with E-state index in [0.29, 0.717) is 38.2 Å². The van der Waals surface area contributed by atoms with Crippen LogP contribution in [0.15, 0.2) is 70.6 Å². The average molecular weight is 514 g/mol. The van der Waals surface area contributed by atoms with Gasteiger partial charge in [0.2, 0.25) is 14.9 Å². The van der Waals surface area contributed by atoms with Crippen molar-refractivity contribution in [1.29, 1.82) is 0 Å². The Bertz CT molecular complexity index is 1670. The van der Waals surface area contributed by atoms with Gasteiger partial charge in [-0.1, -0.05) is 46.6 Å². The number of anilines is 2. The van der Waals surface area contributed by atoms with Crippen LogP contribution in [-0.4, -0.2) is 35.3 Å². The van der Waals surface area contributed by atoms with Crippen LogP contribution in [0.25, 0.3) is 16.6 Å². The highest BCUT2D eigenvalue weighted by Gasteiger charge is 2.27. The molecule has 0 bridgehead atoms. The van der Waals surface area contributed by atoms with E-state index in [1.165, 1.54) is 23.8 Å². The van der Waals surface area contributed by atoms with Crippen molar-refractivity contribution >= 4 is 61.1 Å². The fourth-order valence-corrected chi connectivity index (χ4v) is 5.19. The number of nitrogens with one attached hydrogen (secondary N) is 1. The molecule has 0 atom stereocenters. The number of aromatic nitrogens is 4. The fraction of sp³-hybridized carbons (Fsp3) is 0.0870. The molecule has 3 aromatic carbocycles. The van der Waals surface area contributed by atoms with Crippen LogP contribution in [0, 0.1) is 6.92 Å². The minimum Gasteiger partial charge on any atom is -0.495 e. The molecule has 172 valence electrons. The number of methoxy groups -OCH3 is 1. The molecule has 11 heteroatoms. The minimum absolute atomic E-state index is 0.0748. The van der Waals surface area contributed by atoms with Crippen LogP contribution in [-0.2, 0) is 9.84 Å². The molecule has 34 heavy (non-hydrogen) atoms. The predicted octanol–water partition coefficient (Wildman–Crippen LogP) is 5.48. The van der Waals surface area contributed by atoms with Gasteiger partial charge >= 0.3 is 0 Å². The van der Waals surface area contributed by atoms with Crippen LogP contribution in [0.3, 0.4) is 0 Å². The normalized spacial score (nSPS) is 11.8. The number of sulfone groups is 1. The maximum atomic E-state index is 13.3. The van der Waals surface area contributed by atoms with Crippen molar-refractivity contribution in [1.82, 2.24) is 19.8 Å². The van der Waals surface area contributed by atoms with E-state index in [9.17, 15) is 8.42 Å². The standard InChI is InChI=1S/C23H17Cl2N5O3S/c1-13-10-18(20(33-2)12-17(13)25)26-21-16-11-14(24)8-9-19(16)30-22(27-21)23(28-29-30)34(31,32)15-6-4-3-5-7-15/h3-12H,1-2H3,(H,26,27). The van der Waals surface area contributed by atoms with Crippen LogP contribution in [0.2, 0.25) is 10.0 Å². The molecule has 0 aliphatic rings. The van der Waals surface area contributed by atoms with Gasteiger partial charge in [0.25, 0.3) is 0 Å². The minimum atomic E-state index is -3.97. The zero-order chi connectivity index (χ0) is 24.0. The van der Waals surface area contributed by atoms with Gasteiger partial charge in [0.05, 0.1) is 23.2 Å². The van der Waals surface area contributed by atoms with E-state index in [0.717, 1.165) is 5.56 Å². The molecule has 0 spiro atoms. The van der Waals surface area contributed by atoms with Crippen molar-refractivity contribution in [3.63, 3.8) is 0 Å². The zero-order valence-corrected chi connectivity index (χ0v) is 20.3. The molecule has 0 radical (unpaired) electrons.